The Morgan fingerprint density at radius 2 is 2.30 bits per heavy atom. The van der Waals surface area contributed by atoms with Crippen molar-refractivity contribution in [2.75, 3.05) is 24.1 Å². The van der Waals surface area contributed by atoms with Crippen LogP contribution in [0.2, 0.25) is 0 Å². The Kier molecular flexibility index (Phi) is 4.22. The first kappa shape index (κ1) is 14.3. The van der Waals surface area contributed by atoms with Crippen LogP contribution in [0.25, 0.3) is 0 Å². The number of carbonyl (C=O) groups is 2. The van der Waals surface area contributed by atoms with Crippen LogP contribution < -0.4 is 11.1 Å². The summed E-state index contributed by atoms with van der Waals surface area (Å²) in [4.78, 5) is 25.3. The first-order valence-corrected chi connectivity index (χ1v) is 6.61. The zero-order chi connectivity index (χ0) is 14.7. The third-order valence-electron chi connectivity index (χ3n) is 3.40. The highest BCUT2D eigenvalue weighted by Crippen LogP contribution is 2.19. The van der Waals surface area contributed by atoms with Crippen LogP contribution in [0.15, 0.2) is 18.2 Å². The van der Waals surface area contributed by atoms with Crippen molar-refractivity contribution in [3.05, 3.63) is 24.0 Å². The van der Waals surface area contributed by atoms with E-state index in [9.17, 15) is 14.0 Å². The Balaban J connectivity index is 1.98. The van der Waals surface area contributed by atoms with Gasteiger partial charge >= 0.3 is 0 Å². The lowest BCUT2D eigenvalue weighted by atomic mass is 9.99. The molecule has 6 heteroatoms. The Labute approximate surface area is 116 Å². The Morgan fingerprint density at radius 1 is 1.55 bits per heavy atom. The summed E-state index contributed by atoms with van der Waals surface area (Å²) in [5.74, 6) is -1.05. The van der Waals surface area contributed by atoms with Crippen molar-refractivity contribution in [1.82, 2.24) is 4.90 Å². The van der Waals surface area contributed by atoms with E-state index in [0.717, 1.165) is 12.8 Å². The van der Waals surface area contributed by atoms with Crippen LogP contribution >= 0.6 is 0 Å². The molecule has 1 heterocycles. The predicted octanol–water partition coefficient (Wildman–Crippen LogP) is 1.60. The van der Waals surface area contributed by atoms with Crippen LogP contribution in [0.5, 0.6) is 0 Å². The number of carbonyl (C=O) groups excluding carboxylic acids is 2. The number of likely N-dealkylation sites (tertiary alicyclic amines) is 1. The molecule has 0 aromatic heterocycles. The van der Waals surface area contributed by atoms with Gasteiger partial charge in [0.05, 0.1) is 12.2 Å². The van der Waals surface area contributed by atoms with E-state index < -0.39 is 11.7 Å². The van der Waals surface area contributed by atoms with Gasteiger partial charge in [-0.15, -0.1) is 0 Å². The molecule has 1 aliphatic heterocycles. The summed E-state index contributed by atoms with van der Waals surface area (Å²) in [6.07, 6.45) is 1.73. The number of hydrogen-bond donors (Lipinski definition) is 2. The average Bonchev–Trinajstić information content (AvgIpc) is 2.39. The van der Waals surface area contributed by atoms with Gasteiger partial charge in [-0.2, -0.15) is 0 Å². The quantitative estimate of drug-likeness (QED) is 0.825. The second-order valence-electron chi connectivity index (χ2n) is 5.09. The van der Waals surface area contributed by atoms with Gasteiger partial charge in [-0.1, -0.05) is 6.92 Å². The van der Waals surface area contributed by atoms with E-state index in [-0.39, 0.29) is 24.1 Å². The molecule has 5 nitrogen and oxygen atoms in total. The Bertz CT molecular complexity index is 533. The van der Waals surface area contributed by atoms with Crippen molar-refractivity contribution in [2.45, 2.75) is 19.8 Å². The normalized spacial score (nSPS) is 19.0. The number of nitrogens with one attached hydrogen (secondary N) is 1. The van der Waals surface area contributed by atoms with Gasteiger partial charge in [0.15, 0.2) is 0 Å². The maximum Gasteiger partial charge on any atom is 0.244 e. The second-order valence-corrected chi connectivity index (χ2v) is 5.09. The third-order valence-corrected chi connectivity index (χ3v) is 3.40. The van der Waals surface area contributed by atoms with Gasteiger partial charge in [-0.05, 0) is 31.0 Å². The summed E-state index contributed by atoms with van der Waals surface area (Å²) in [5.41, 5.74) is 5.95. The molecule has 0 aliphatic carbocycles. The maximum atomic E-state index is 13.5. The number of nitrogens with two attached hydrogens (primary N) is 1. The van der Waals surface area contributed by atoms with E-state index in [1.807, 2.05) is 6.92 Å². The standard InChI is InChI=1S/C14H18FN3O2/c1-9-3-2-6-18(14(9)20)8-13(19)17-12-7-10(16)4-5-11(12)15/h4-5,7,9H,2-3,6,8,16H2,1H3,(H,17,19). The number of nitrogen functional groups attached to an aromatic ring is 1. The van der Waals surface area contributed by atoms with Gasteiger partial charge < -0.3 is 16.0 Å². The van der Waals surface area contributed by atoms with E-state index >= 15 is 0 Å². The van der Waals surface area contributed by atoms with E-state index in [1.54, 1.807) is 0 Å². The highest BCUT2D eigenvalue weighted by molar-refractivity contribution is 5.95. The molecule has 1 fully saturated rings. The average molecular weight is 279 g/mol. The van der Waals surface area contributed by atoms with Crippen molar-refractivity contribution < 1.29 is 14.0 Å². The molecule has 1 unspecified atom stereocenters. The lowest BCUT2D eigenvalue weighted by Crippen LogP contribution is -2.44. The summed E-state index contributed by atoms with van der Waals surface area (Å²) < 4.78 is 13.5. The Hall–Kier alpha value is -2.11. The van der Waals surface area contributed by atoms with Crippen LogP contribution in [-0.4, -0.2) is 29.8 Å². The molecule has 0 spiro atoms. The van der Waals surface area contributed by atoms with Crippen LogP contribution in [0.3, 0.4) is 0 Å². The molecule has 3 N–H and O–H groups in total. The van der Waals surface area contributed by atoms with E-state index in [0.29, 0.717) is 12.2 Å². The lowest BCUT2D eigenvalue weighted by molar-refractivity contribution is -0.140. The molecule has 1 atom stereocenters. The van der Waals surface area contributed by atoms with Crippen LogP contribution in [0, 0.1) is 11.7 Å². The topological polar surface area (TPSA) is 75.4 Å². The summed E-state index contributed by atoms with van der Waals surface area (Å²) >= 11 is 0. The van der Waals surface area contributed by atoms with Gasteiger partial charge in [0, 0.05) is 18.2 Å². The SMILES string of the molecule is CC1CCCN(CC(=O)Nc2cc(N)ccc2F)C1=O. The molecule has 0 saturated carbocycles. The Morgan fingerprint density at radius 3 is 3.05 bits per heavy atom. The van der Waals surface area contributed by atoms with E-state index in [1.165, 1.54) is 23.1 Å². The summed E-state index contributed by atoms with van der Waals surface area (Å²) in [6.45, 7) is 2.36. The zero-order valence-electron chi connectivity index (χ0n) is 11.4. The molecule has 108 valence electrons. The van der Waals surface area contributed by atoms with Gasteiger partial charge in [0.2, 0.25) is 11.8 Å². The predicted molar refractivity (Wildman–Crippen MR) is 74.4 cm³/mol. The van der Waals surface area contributed by atoms with Crippen molar-refractivity contribution in [2.24, 2.45) is 5.92 Å². The first-order valence-electron chi connectivity index (χ1n) is 6.61. The van der Waals surface area contributed by atoms with Gasteiger partial charge in [0.25, 0.3) is 0 Å². The fraction of sp³-hybridized carbons (Fsp3) is 0.429. The number of anilines is 2. The highest BCUT2D eigenvalue weighted by Gasteiger charge is 2.26. The first-order chi connectivity index (χ1) is 9.47. The number of benzene rings is 1. The minimum absolute atomic E-state index is 0.0283. The second kappa shape index (κ2) is 5.90. The van der Waals surface area contributed by atoms with Gasteiger partial charge in [0.1, 0.15) is 5.82 Å². The van der Waals surface area contributed by atoms with Crippen molar-refractivity contribution >= 4 is 23.2 Å². The molecule has 1 aromatic rings. The van der Waals surface area contributed by atoms with Crippen molar-refractivity contribution in [1.29, 1.82) is 0 Å². The van der Waals surface area contributed by atoms with Crippen molar-refractivity contribution in [3.63, 3.8) is 0 Å². The fourth-order valence-electron chi connectivity index (χ4n) is 2.29. The van der Waals surface area contributed by atoms with Crippen molar-refractivity contribution in [3.8, 4) is 0 Å². The summed E-state index contributed by atoms with van der Waals surface area (Å²) in [7, 11) is 0. The summed E-state index contributed by atoms with van der Waals surface area (Å²) in [6, 6.07) is 3.97. The number of halogens is 1. The monoisotopic (exact) mass is 279 g/mol. The minimum Gasteiger partial charge on any atom is -0.399 e. The number of nitrogens with zero attached hydrogens (tertiary/aromatic N) is 1. The van der Waals surface area contributed by atoms with Gasteiger partial charge in [-0.25, -0.2) is 4.39 Å². The number of rotatable bonds is 3. The molecule has 2 amide bonds. The van der Waals surface area contributed by atoms with Crippen LogP contribution in [0.4, 0.5) is 15.8 Å². The smallest absolute Gasteiger partial charge is 0.244 e. The molecule has 0 radical (unpaired) electrons. The maximum absolute atomic E-state index is 13.5. The molecule has 1 aliphatic rings. The largest absolute Gasteiger partial charge is 0.399 e. The fourth-order valence-corrected chi connectivity index (χ4v) is 2.29. The van der Waals surface area contributed by atoms with Crippen LogP contribution in [-0.2, 0) is 9.59 Å². The molecule has 20 heavy (non-hydrogen) atoms. The molecular weight excluding hydrogens is 261 g/mol. The molecule has 2 rings (SSSR count). The number of hydrogen-bond acceptors (Lipinski definition) is 3. The molecule has 1 saturated heterocycles. The molecular formula is C14H18FN3O2. The molecule has 1 aromatic carbocycles. The highest BCUT2D eigenvalue weighted by atomic mass is 19.1. The summed E-state index contributed by atoms with van der Waals surface area (Å²) in [5, 5.41) is 2.45. The van der Waals surface area contributed by atoms with E-state index in [4.69, 9.17) is 5.73 Å². The van der Waals surface area contributed by atoms with Crippen LogP contribution in [0.1, 0.15) is 19.8 Å². The number of piperidine rings is 1. The van der Waals surface area contributed by atoms with Gasteiger partial charge in [-0.3, -0.25) is 9.59 Å². The number of amides is 2. The third kappa shape index (κ3) is 3.26. The zero-order valence-corrected chi connectivity index (χ0v) is 11.4. The minimum atomic E-state index is -0.550. The molecule has 0 bridgehead atoms. The lowest BCUT2D eigenvalue weighted by Gasteiger charge is -2.30. The van der Waals surface area contributed by atoms with E-state index in [2.05, 4.69) is 5.32 Å².